The lowest BCUT2D eigenvalue weighted by atomic mass is 9.91. The summed E-state index contributed by atoms with van der Waals surface area (Å²) in [6.07, 6.45) is 4.23. The summed E-state index contributed by atoms with van der Waals surface area (Å²) in [4.78, 5) is 21.0. The minimum atomic E-state index is -3.26. The Hall–Kier alpha value is -3.21. The van der Waals surface area contributed by atoms with Crippen LogP contribution < -0.4 is 16.0 Å². The molecule has 0 saturated carbocycles. The second-order valence-electron chi connectivity index (χ2n) is 8.65. The smallest absolute Gasteiger partial charge is 0.253 e. The van der Waals surface area contributed by atoms with Crippen LogP contribution in [0.15, 0.2) is 48.7 Å². The predicted molar refractivity (Wildman–Crippen MR) is 143 cm³/mol. The molecule has 0 radical (unpaired) electrons. The van der Waals surface area contributed by atoms with Crippen LogP contribution in [0.2, 0.25) is 5.02 Å². The summed E-state index contributed by atoms with van der Waals surface area (Å²) in [5.74, 6) is 0.546. The molecule has 1 unspecified atom stereocenters. The molecule has 36 heavy (non-hydrogen) atoms. The zero-order chi connectivity index (χ0) is 25.9. The molecule has 1 amide bonds. The highest BCUT2D eigenvalue weighted by atomic mass is 35.5. The van der Waals surface area contributed by atoms with E-state index in [9.17, 15) is 13.2 Å². The van der Waals surface area contributed by atoms with Crippen LogP contribution in [0.4, 0.5) is 23.1 Å². The number of aromatic nitrogens is 2. The van der Waals surface area contributed by atoms with Crippen LogP contribution in [-0.4, -0.2) is 55.0 Å². The van der Waals surface area contributed by atoms with Crippen molar-refractivity contribution >= 4 is 50.7 Å². The molecule has 0 bridgehead atoms. The molecule has 1 aromatic heterocycles. The maximum absolute atomic E-state index is 12.2. The summed E-state index contributed by atoms with van der Waals surface area (Å²) in [5, 5.41) is 9.29. The molecule has 3 aromatic rings. The summed E-state index contributed by atoms with van der Waals surface area (Å²) < 4.78 is 25.9. The van der Waals surface area contributed by atoms with Crippen LogP contribution in [0.1, 0.15) is 40.7 Å². The van der Waals surface area contributed by atoms with Gasteiger partial charge in [-0.2, -0.15) is 4.98 Å². The van der Waals surface area contributed by atoms with Crippen molar-refractivity contribution in [2.24, 2.45) is 0 Å². The van der Waals surface area contributed by atoms with Gasteiger partial charge in [-0.25, -0.2) is 17.7 Å². The van der Waals surface area contributed by atoms with Gasteiger partial charge in [0.05, 0.1) is 23.7 Å². The maximum atomic E-state index is 12.2. The molecule has 0 spiro atoms. The Balaban J connectivity index is 1.59. The van der Waals surface area contributed by atoms with Crippen molar-refractivity contribution in [1.82, 2.24) is 19.6 Å². The number of sulfonamides is 1. The van der Waals surface area contributed by atoms with Gasteiger partial charge in [0.25, 0.3) is 5.91 Å². The van der Waals surface area contributed by atoms with Crippen molar-refractivity contribution in [2.45, 2.75) is 25.7 Å². The summed E-state index contributed by atoms with van der Waals surface area (Å²) in [6, 6.07) is 13.1. The zero-order valence-electron chi connectivity index (χ0n) is 20.4. The molecule has 1 aliphatic rings. The van der Waals surface area contributed by atoms with Crippen molar-refractivity contribution < 1.29 is 13.2 Å². The molecule has 1 aliphatic heterocycles. The van der Waals surface area contributed by atoms with Gasteiger partial charge in [0, 0.05) is 25.8 Å². The fourth-order valence-electron chi connectivity index (χ4n) is 4.31. The first-order chi connectivity index (χ1) is 17.2. The average Bonchev–Trinajstić information content (AvgIpc) is 3.05. The van der Waals surface area contributed by atoms with Gasteiger partial charge < -0.3 is 16.0 Å². The zero-order valence-corrected chi connectivity index (χ0v) is 21.9. The number of benzene rings is 2. The van der Waals surface area contributed by atoms with E-state index in [-0.39, 0.29) is 11.8 Å². The van der Waals surface area contributed by atoms with Gasteiger partial charge in [-0.05, 0) is 54.2 Å². The molecule has 2 aromatic carbocycles. The predicted octanol–water partition coefficient (Wildman–Crippen LogP) is 4.29. The molecule has 1 atom stereocenters. The molecular weight excluding hydrogens is 500 g/mol. The monoisotopic (exact) mass is 528 g/mol. The quantitative estimate of drug-likeness (QED) is 0.419. The normalized spacial score (nSPS) is 16.1. The first-order valence-electron chi connectivity index (χ1n) is 11.6. The van der Waals surface area contributed by atoms with Crippen LogP contribution in [-0.2, 0) is 16.4 Å². The second kappa shape index (κ2) is 10.8. The van der Waals surface area contributed by atoms with E-state index in [1.165, 1.54) is 12.5 Å². The lowest BCUT2D eigenvalue weighted by Crippen LogP contribution is -2.33. The average molecular weight is 529 g/mol. The van der Waals surface area contributed by atoms with E-state index in [0.717, 1.165) is 23.2 Å². The summed E-state index contributed by atoms with van der Waals surface area (Å²) in [5.41, 5.74) is 4.08. The SMILES string of the molecule is CCC1CN(S(C)(=O)=O)CCc2ccc(Nc3ncc(Cl)c(Nc4ccccc4C(=O)NC)n3)cc21. The van der Waals surface area contributed by atoms with Crippen molar-refractivity contribution in [3.63, 3.8) is 0 Å². The highest BCUT2D eigenvalue weighted by Gasteiger charge is 2.27. The van der Waals surface area contributed by atoms with Gasteiger partial charge in [-0.3, -0.25) is 4.79 Å². The highest BCUT2D eigenvalue weighted by molar-refractivity contribution is 7.88. The Morgan fingerprint density at radius 3 is 2.69 bits per heavy atom. The number of hydrogen-bond acceptors (Lipinski definition) is 7. The van der Waals surface area contributed by atoms with E-state index in [4.69, 9.17) is 11.6 Å². The lowest BCUT2D eigenvalue weighted by Gasteiger charge is -2.22. The van der Waals surface area contributed by atoms with Gasteiger partial charge >= 0.3 is 0 Å². The van der Waals surface area contributed by atoms with E-state index in [1.807, 2.05) is 24.3 Å². The summed E-state index contributed by atoms with van der Waals surface area (Å²) in [7, 11) is -1.69. The molecule has 0 aliphatic carbocycles. The fraction of sp³-hybridized carbons (Fsp3) is 0.320. The van der Waals surface area contributed by atoms with Crippen molar-refractivity contribution in [3.8, 4) is 0 Å². The molecule has 0 fully saturated rings. The molecule has 11 heteroatoms. The van der Waals surface area contributed by atoms with Crippen LogP contribution >= 0.6 is 11.6 Å². The first-order valence-corrected chi connectivity index (χ1v) is 13.9. The Labute approximate surface area is 216 Å². The first kappa shape index (κ1) is 25.9. The fourth-order valence-corrected chi connectivity index (χ4v) is 5.32. The number of anilines is 4. The summed E-state index contributed by atoms with van der Waals surface area (Å²) >= 11 is 6.35. The number of nitrogens with zero attached hydrogens (tertiary/aromatic N) is 3. The van der Waals surface area contributed by atoms with E-state index in [1.54, 1.807) is 29.6 Å². The second-order valence-corrected chi connectivity index (χ2v) is 11.0. The van der Waals surface area contributed by atoms with E-state index in [0.29, 0.717) is 47.6 Å². The molecule has 0 saturated heterocycles. The van der Waals surface area contributed by atoms with Gasteiger partial charge in [-0.1, -0.05) is 36.7 Å². The van der Waals surface area contributed by atoms with Crippen LogP contribution in [0.5, 0.6) is 0 Å². The Kier molecular flexibility index (Phi) is 7.77. The number of hydrogen-bond donors (Lipinski definition) is 3. The van der Waals surface area contributed by atoms with Gasteiger partial charge in [0.15, 0.2) is 5.82 Å². The number of para-hydroxylation sites is 1. The minimum absolute atomic E-state index is 0.0866. The van der Waals surface area contributed by atoms with Crippen molar-refractivity contribution in [1.29, 1.82) is 0 Å². The maximum Gasteiger partial charge on any atom is 0.253 e. The molecular formula is C25H29ClN6O3S. The van der Waals surface area contributed by atoms with E-state index in [2.05, 4.69) is 32.8 Å². The largest absolute Gasteiger partial charge is 0.355 e. The topological polar surface area (TPSA) is 116 Å². The highest BCUT2D eigenvalue weighted by Crippen LogP contribution is 2.32. The number of rotatable bonds is 7. The molecule has 9 nitrogen and oxygen atoms in total. The Morgan fingerprint density at radius 1 is 1.19 bits per heavy atom. The van der Waals surface area contributed by atoms with Crippen LogP contribution in [0.3, 0.4) is 0 Å². The third kappa shape index (κ3) is 5.77. The van der Waals surface area contributed by atoms with Crippen LogP contribution in [0.25, 0.3) is 0 Å². The third-order valence-electron chi connectivity index (χ3n) is 6.25. The van der Waals surface area contributed by atoms with Gasteiger partial charge in [0.2, 0.25) is 16.0 Å². The number of amides is 1. The Bertz CT molecular complexity index is 1380. The molecule has 4 rings (SSSR count). The standard InChI is InChI=1S/C25H29ClN6O3S/c1-4-16-15-32(36(3,34)35)12-11-17-9-10-18(13-20(16)17)29-25-28-14-21(26)23(31-25)30-22-8-6-5-7-19(22)24(33)27-2/h5-10,13-14,16H,4,11-12,15H2,1-3H3,(H,27,33)(H2,28,29,30,31). The van der Waals surface area contributed by atoms with E-state index >= 15 is 0 Å². The van der Waals surface area contributed by atoms with Crippen molar-refractivity contribution in [3.05, 3.63) is 70.4 Å². The van der Waals surface area contributed by atoms with Gasteiger partial charge in [0.1, 0.15) is 5.02 Å². The number of carbonyl (C=O) groups excluding carboxylic acids is 1. The number of fused-ring (bicyclic) bond motifs is 1. The molecule has 2 heterocycles. The lowest BCUT2D eigenvalue weighted by molar-refractivity contribution is 0.0964. The number of nitrogens with one attached hydrogen (secondary N) is 3. The minimum Gasteiger partial charge on any atom is -0.355 e. The number of halogens is 1. The third-order valence-corrected chi connectivity index (χ3v) is 7.80. The molecule has 3 N–H and O–H groups in total. The summed E-state index contributed by atoms with van der Waals surface area (Å²) in [6.45, 7) is 3.00. The van der Waals surface area contributed by atoms with E-state index < -0.39 is 10.0 Å². The van der Waals surface area contributed by atoms with Crippen LogP contribution in [0, 0.1) is 0 Å². The van der Waals surface area contributed by atoms with Crippen molar-refractivity contribution in [2.75, 3.05) is 37.0 Å². The van der Waals surface area contributed by atoms with Gasteiger partial charge in [-0.15, -0.1) is 0 Å². The number of carbonyl (C=O) groups is 1. The Morgan fingerprint density at radius 2 is 1.97 bits per heavy atom. The molecule has 190 valence electrons.